The predicted molar refractivity (Wildman–Crippen MR) is 80.3 cm³/mol. The molecule has 1 atom stereocenters. The minimum absolute atomic E-state index is 0.0823. The van der Waals surface area contributed by atoms with E-state index in [1.807, 2.05) is 39.0 Å². The first-order valence-electron chi connectivity index (χ1n) is 6.97. The summed E-state index contributed by atoms with van der Waals surface area (Å²) in [4.78, 5) is 24.8. The number of carboxylic acids is 1. The van der Waals surface area contributed by atoms with E-state index >= 15 is 0 Å². The van der Waals surface area contributed by atoms with Crippen LogP contribution in [-0.2, 0) is 9.59 Å². The topological polar surface area (TPSA) is 66.8 Å². The van der Waals surface area contributed by atoms with Gasteiger partial charge in [-0.2, -0.15) is 0 Å². The van der Waals surface area contributed by atoms with Crippen molar-refractivity contribution in [2.24, 2.45) is 0 Å². The number of carbonyl (C=O) groups excluding carboxylic acids is 1. The van der Waals surface area contributed by atoms with E-state index in [0.717, 1.165) is 0 Å². The normalized spacial score (nSPS) is 12.6. The Morgan fingerprint density at radius 2 is 1.81 bits per heavy atom. The summed E-state index contributed by atoms with van der Waals surface area (Å²) in [5, 5.41) is 8.81. The van der Waals surface area contributed by atoms with Gasteiger partial charge in [-0.25, -0.2) is 0 Å². The van der Waals surface area contributed by atoms with E-state index in [2.05, 4.69) is 0 Å². The van der Waals surface area contributed by atoms with E-state index in [9.17, 15) is 9.59 Å². The van der Waals surface area contributed by atoms with Crippen molar-refractivity contribution >= 4 is 11.9 Å². The molecule has 0 bridgehead atoms. The van der Waals surface area contributed by atoms with E-state index in [1.165, 1.54) is 0 Å². The molecule has 1 aromatic carbocycles. The molecule has 0 spiro atoms. The van der Waals surface area contributed by atoms with Crippen molar-refractivity contribution < 1.29 is 19.4 Å². The fraction of sp³-hybridized carbons (Fsp3) is 0.500. The second kappa shape index (κ2) is 7.11. The molecule has 116 valence electrons. The molecule has 0 saturated heterocycles. The van der Waals surface area contributed by atoms with Crippen LogP contribution in [0.4, 0.5) is 0 Å². The van der Waals surface area contributed by atoms with Gasteiger partial charge in [0.1, 0.15) is 5.75 Å². The van der Waals surface area contributed by atoms with Gasteiger partial charge in [-0.1, -0.05) is 18.2 Å². The molecule has 0 saturated carbocycles. The largest absolute Gasteiger partial charge is 0.481 e. The zero-order valence-corrected chi connectivity index (χ0v) is 13.0. The van der Waals surface area contributed by atoms with E-state index < -0.39 is 17.6 Å². The van der Waals surface area contributed by atoms with E-state index in [4.69, 9.17) is 9.84 Å². The van der Waals surface area contributed by atoms with Gasteiger partial charge in [-0.15, -0.1) is 0 Å². The maximum atomic E-state index is 12.5. The average molecular weight is 293 g/mol. The maximum absolute atomic E-state index is 12.5. The van der Waals surface area contributed by atoms with Crippen molar-refractivity contribution in [2.45, 2.75) is 45.8 Å². The molecule has 0 aromatic heterocycles. The molecule has 1 unspecified atom stereocenters. The molecular weight excluding hydrogens is 270 g/mol. The van der Waals surface area contributed by atoms with Crippen LogP contribution >= 0.6 is 0 Å². The monoisotopic (exact) mass is 293 g/mol. The maximum Gasteiger partial charge on any atom is 0.305 e. The first-order chi connectivity index (χ1) is 9.71. The van der Waals surface area contributed by atoms with Crippen molar-refractivity contribution in [3.63, 3.8) is 0 Å². The Hall–Kier alpha value is -2.04. The molecule has 5 heteroatoms. The van der Waals surface area contributed by atoms with Crippen molar-refractivity contribution in [1.29, 1.82) is 0 Å². The molecule has 0 heterocycles. The number of rotatable bonds is 6. The Labute approximate surface area is 125 Å². The van der Waals surface area contributed by atoms with Gasteiger partial charge in [0, 0.05) is 12.1 Å². The first kappa shape index (κ1) is 17.0. The van der Waals surface area contributed by atoms with Crippen molar-refractivity contribution in [3.05, 3.63) is 30.3 Å². The number of para-hydroxylation sites is 1. The molecule has 1 N–H and O–H groups in total. The van der Waals surface area contributed by atoms with Gasteiger partial charge in [0.25, 0.3) is 5.91 Å². The van der Waals surface area contributed by atoms with Crippen molar-refractivity contribution in [1.82, 2.24) is 4.90 Å². The first-order valence-corrected chi connectivity index (χ1v) is 6.97. The lowest BCUT2D eigenvalue weighted by atomic mass is 10.0. The highest BCUT2D eigenvalue weighted by Gasteiger charge is 2.31. The van der Waals surface area contributed by atoms with Gasteiger partial charge in [0.2, 0.25) is 0 Å². The number of hydrogen-bond donors (Lipinski definition) is 1. The van der Waals surface area contributed by atoms with Gasteiger partial charge in [0.15, 0.2) is 6.10 Å². The minimum atomic E-state index is -0.923. The fourth-order valence-corrected chi connectivity index (χ4v) is 1.96. The van der Waals surface area contributed by atoms with Gasteiger partial charge in [-0.3, -0.25) is 9.59 Å². The summed E-state index contributed by atoms with van der Waals surface area (Å²) in [5.41, 5.74) is -0.457. The molecule has 5 nitrogen and oxygen atoms in total. The standard InChI is InChI=1S/C16H23NO4/c1-12(21-13-8-6-5-7-9-13)15(20)17(16(2,3)4)11-10-14(18)19/h5-9,12H,10-11H2,1-4H3,(H,18,19). The highest BCUT2D eigenvalue weighted by atomic mass is 16.5. The molecule has 0 fully saturated rings. The number of nitrogens with zero attached hydrogens (tertiary/aromatic N) is 1. The molecule has 0 radical (unpaired) electrons. The van der Waals surface area contributed by atoms with E-state index in [-0.39, 0.29) is 18.9 Å². The third kappa shape index (κ3) is 5.45. The highest BCUT2D eigenvalue weighted by molar-refractivity contribution is 5.82. The lowest BCUT2D eigenvalue weighted by Crippen LogP contribution is -2.51. The summed E-state index contributed by atoms with van der Waals surface area (Å²) < 4.78 is 5.62. The number of benzene rings is 1. The van der Waals surface area contributed by atoms with Gasteiger partial charge in [0.05, 0.1) is 6.42 Å². The average Bonchev–Trinajstić information content (AvgIpc) is 2.37. The summed E-state index contributed by atoms with van der Waals surface area (Å²) in [7, 11) is 0. The number of carboxylic acid groups (broad SMARTS) is 1. The smallest absolute Gasteiger partial charge is 0.305 e. The van der Waals surface area contributed by atoms with Crippen LogP contribution in [-0.4, -0.2) is 40.1 Å². The molecule has 1 aromatic rings. The summed E-state index contributed by atoms with van der Waals surface area (Å²) >= 11 is 0. The van der Waals surface area contributed by atoms with Crippen LogP contribution in [0, 0.1) is 0 Å². The third-order valence-corrected chi connectivity index (χ3v) is 3.03. The van der Waals surface area contributed by atoms with Crippen LogP contribution in [0.2, 0.25) is 0 Å². The lowest BCUT2D eigenvalue weighted by Gasteiger charge is -2.37. The van der Waals surface area contributed by atoms with Crippen LogP contribution in [0.3, 0.4) is 0 Å². The van der Waals surface area contributed by atoms with Crippen LogP contribution in [0.25, 0.3) is 0 Å². The number of amides is 1. The molecule has 0 aliphatic rings. The molecule has 1 amide bonds. The summed E-state index contributed by atoms with van der Waals surface area (Å²) in [5.74, 6) is -0.522. The van der Waals surface area contributed by atoms with Gasteiger partial charge < -0.3 is 14.7 Å². The molecule has 1 rings (SSSR count). The second-order valence-electron chi connectivity index (χ2n) is 5.88. The Balaban J connectivity index is 2.77. The van der Waals surface area contributed by atoms with Crippen LogP contribution < -0.4 is 4.74 Å². The fourth-order valence-electron chi connectivity index (χ4n) is 1.96. The Morgan fingerprint density at radius 3 is 2.29 bits per heavy atom. The third-order valence-electron chi connectivity index (χ3n) is 3.03. The van der Waals surface area contributed by atoms with E-state index in [1.54, 1.807) is 24.0 Å². The molecule has 21 heavy (non-hydrogen) atoms. The number of hydrogen-bond acceptors (Lipinski definition) is 3. The quantitative estimate of drug-likeness (QED) is 0.875. The summed E-state index contributed by atoms with van der Waals surface area (Å²) in [6.45, 7) is 7.47. The minimum Gasteiger partial charge on any atom is -0.481 e. The Kier molecular flexibility index (Phi) is 5.76. The summed E-state index contributed by atoms with van der Waals surface area (Å²) in [6.07, 6.45) is -0.749. The van der Waals surface area contributed by atoms with Gasteiger partial charge in [-0.05, 0) is 39.8 Å². The Bertz CT molecular complexity index is 479. The molecule has 0 aliphatic carbocycles. The number of carbonyl (C=O) groups is 2. The predicted octanol–water partition coefficient (Wildman–Crippen LogP) is 2.56. The van der Waals surface area contributed by atoms with Crippen molar-refractivity contribution in [2.75, 3.05) is 6.54 Å². The number of ether oxygens (including phenoxy) is 1. The highest BCUT2D eigenvalue weighted by Crippen LogP contribution is 2.18. The SMILES string of the molecule is CC(Oc1ccccc1)C(=O)N(CCC(=O)O)C(C)(C)C. The van der Waals surface area contributed by atoms with E-state index in [0.29, 0.717) is 5.75 Å². The zero-order chi connectivity index (χ0) is 16.0. The van der Waals surface area contributed by atoms with Crippen LogP contribution in [0.5, 0.6) is 5.75 Å². The molecular formula is C16H23NO4. The summed E-state index contributed by atoms with van der Waals surface area (Å²) in [6, 6.07) is 9.09. The van der Waals surface area contributed by atoms with Crippen LogP contribution in [0.1, 0.15) is 34.1 Å². The zero-order valence-electron chi connectivity index (χ0n) is 13.0. The lowest BCUT2D eigenvalue weighted by molar-refractivity contribution is -0.145. The second-order valence-corrected chi connectivity index (χ2v) is 5.88. The molecule has 0 aliphatic heterocycles. The van der Waals surface area contributed by atoms with Crippen molar-refractivity contribution in [3.8, 4) is 5.75 Å². The number of aliphatic carboxylic acids is 1. The van der Waals surface area contributed by atoms with Gasteiger partial charge >= 0.3 is 5.97 Å². The Morgan fingerprint density at radius 1 is 1.24 bits per heavy atom. The van der Waals surface area contributed by atoms with Crippen LogP contribution in [0.15, 0.2) is 30.3 Å².